The summed E-state index contributed by atoms with van der Waals surface area (Å²) in [6, 6.07) is 7.55. The molecule has 0 saturated heterocycles. The molecule has 0 spiro atoms. The van der Waals surface area contributed by atoms with Crippen molar-refractivity contribution in [3.63, 3.8) is 0 Å². The fourth-order valence-electron chi connectivity index (χ4n) is 1.89. The maximum absolute atomic E-state index is 11.9. The van der Waals surface area contributed by atoms with Crippen LogP contribution in [-0.2, 0) is 4.79 Å². The number of benzene rings is 1. The highest BCUT2D eigenvalue weighted by atomic mass is 16.5. The SMILES string of the molecule is CN(C)c1ccc(C(=O)CCCCCC(=O)NO)cc1. The quantitative estimate of drug-likeness (QED) is 0.331. The van der Waals surface area contributed by atoms with E-state index < -0.39 is 0 Å². The Morgan fingerprint density at radius 2 is 1.65 bits per heavy atom. The maximum atomic E-state index is 11.9. The Morgan fingerprint density at radius 1 is 1.05 bits per heavy atom. The van der Waals surface area contributed by atoms with E-state index in [4.69, 9.17) is 5.21 Å². The second-order valence-electron chi connectivity index (χ2n) is 4.96. The van der Waals surface area contributed by atoms with Crippen molar-refractivity contribution in [2.45, 2.75) is 32.1 Å². The van der Waals surface area contributed by atoms with Gasteiger partial charge in [-0.25, -0.2) is 5.48 Å². The number of unbranched alkanes of at least 4 members (excludes halogenated alkanes) is 2. The molecular weight excluding hydrogens is 256 g/mol. The Kier molecular flexibility index (Phi) is 6.73. The Hall–Kier alpha value is -1.88. The zero-order chi connectivity index (χ0) is 15.0. The predicted octanol–water partition coefficient (Wildman–Crippen LogP) is 2.39. The zero-order valence-electron chi connectivity index (χ0n) is 12.1. The van der Waals surface area contributed by atoms with E-state index >= 15 is 0 Å². The minimum absolute atomic E-state index is 0.127. The summed E-state index contributed by atoms with van der Waals surface area (Å²) in [7, 11) is 3.92. The number of carbonyl (C=O) groups excluding carboxylic acids is 2. The molecule has 0 fully saturated rings. The normalized spacial score (nSPS) is 10.2. The lowest BCUT2D eigenvalue weighted by molar-refractivity contribution is -0.129. The summed E-state index contributed by atoms with van der Waals surface area (Å²) in [6.07, 6.45) is 3.02. The van der Waals surface area contributed by atoms with Crippen LogP contribution in [0, 0.1) is 0 Å². The van der Waals surface area contributed by atoms with Gasteiger partial charge in [-0.2, -0.15) is 0 Å². The molecule has 20 heavy (non-hydrogen) atoms. The molecule has 110 valence electrons. The smallest absolute Gasteiger partial charge is 0.243 e. The van der Waals surface area contributed by atoms with Crippen molar-refractivity contribution in [1.82, 2.24) is 5.48 Å². The zero-order valence-corrected chi connectivity index (χ0v) is 12.1. The van der Waals surface area contributed by atoms with Crippen molar-refractivity contribution in [3.8, 4) is 0 Å². The van der Waals surface area contributed by atoms with Gasteiger partial charge in [-0.3, -0.25) is 14.8 Å². The number of hydrogen-bond donors (Lipinski definition) is 2. The monoisotopic (exact) mass is 278 g/mol. The lowest BCUT2D eigenvalue weighted by Gasteiger charge is -2.12. The van der Waals surface area contributed by atoms with E-state index in [1.54, 1.807) is 5.48 Å². The molecule has 0 atom stereocenters. The number of Topliss-reactive ketones (excluding diaryl/α,β-unsaturated/α-hetero) is 1. The molecule has 0 aliphatic heterocycles. The van der Waals surface area contributed by atoms with Gasteiger partial charge in [-0.1, -0.05) is 6.42 Å². The molecule has 0 unspecified atom stereocenters. The highest BCUT2D eigenvalue weighted by Crippen LogP contribution is 2.15. The minimum Gasteiger partial charge on any atom is -0.378 e. The third-order valence-electron chi connectivity index (χ3n) is 3.14. The Labute approximate surface area is 119 Å². The third kappa shape index (κ3) is 5.40. The van der Waals surface area contributed by atoms with Gasteiger partial charge in [0.1, 0.15) is 0 Å². The summed E-state index contributed by atoms with van der Waals surface area (Å²) in [6.45, 7) is 0. The standard InChI is InChI=1S/C15H22N2O3/c1-17(2)13-10-8-12(9-11-13)14(18)6-4-3-5-7-15(19)16-20/h8-11,20H,3-7H2,1-2H3,(H,16,19). The van der Waals surface area contributed by atoms with Crippen LogP contribution in [0.4, 0.5) is 5.69 Å². The van der Waals surface area contributed by atoms with Crippen LogP contribution in [0.5, 0.6) is 0 Å². The van der Waals surface area contributed by atoms with E-state index in [9.17, 15) is 9.59 Å². The summed E-state index contributed by atoms with van der Waals surface area (Å²) < 4.78 is 0. The molecule has 5 heteroatoms. The van der Waals surface area contributed by atoms with Gasteiger partial charge in [0.15, 0.2) is 5.78 Å². The van der Waals surface area contributed by atoms with Crippen LogP contribution in [0.2, 0.25) is 0 Å². The number of hydroxylamine groups is 1. The summed E-state index contributed by atoms with van der Waals surface area (Å²) in [4.78, 5) is 24.7. The number of carbonyl (C=O) groups is 2. The van der Waals surface area contributed by atoms with Crippen LogP contribution in [-0.4, -0.2) is 31.0 Å². The molecule has 0 radical (unpaired) electrons. The highest BCUT2D eigenvalue weighted by molar-refractivity contribution is 5.96. The van der Waals surface area contributed by atoms with Gasteiger partial charge >= 0.3 is 0 Å². The Bertz CT molecular complexity index is 441. The number of anilines is 1. The molecule has 1 aromatic rings. The molecule has 0 saturated carbocycles. The lowest BCUT2D eigenvalue weighted by Crippen LogP contribution is -2.17. The third-order valence-corrected chi connectivity index (χ3v) is 3.14. The molecule has 0 bridgehead atoms. The van der Waals surface area contributed by atoms with Crippen molar-refractivity contribution < 1.29 is 14.8 Å². The van der Waals surface area contributed by atoms with Gasteiger partial charge < -0.3 is 4.90 Å². The van der Waals surface area contributed by atoms with E-state index in [2.05, 4.69) is 0 Å². The fourth-order valence-corrected chi connectivity index (χ4v) is 1.89. The van der Waals surface area contributed by atoms with Crippen molar-refractivity contribution >= 4 is 17.4 Å². The number of nitrogens with zero attached hydrogens (tertiary/aromatic N) is 1. The van der Waals surface area contributed by atoms with Crippen molar-refractivity contribution in [1.29, 1.82) is 0 Å². The Morgan fingerprint density at radius 3 is 2.20 bits per heavy atom. The van der Waals surface area contributed by atoms with Gasteiger partial charge in [0.05, 0.1) is 0 Å². The molecule has 1 amide bonds. The minimum atomic E-state index is -0.379. The van der Waals surface area contributed by atoms with E-state index in [1.807, 2.05) is 43.3 Å². The first-order valence-corrected chi connectivity index (χ1v) is 6.78. The first-order chi connectivity index (χ1) is 9.54. The van der Waals surface area contributed by atoms with Crippen LogP contribution in [0.15, 0.2) is 24.3 Å². The number of rotatable bonds is 8. The molecule has 5 nitrogen and oxygen atoms in total. The largest absolute Gasteiger partial charge is 0.378 e. The summed E-state index contributed by atoms with van der Waals surface area (Å²) in [5.74, 6) is -0.252. The summed E-state index contributed by atoms with van der Waals surface area (Å²) >= 11 is 0. The fraction of sp³-hybridized carbons (Fsp3) is 0.467. The first kappa shape index (κ1) is 16.2. The van der Waals surface area contributed by atoms with E-state index in [0.717, 1.165) is 24.1 Å². The second kappa shape index (κ2) is 8.32. The van der Waals surface area contributed by atoms with Gasteiger partial charge in [0, 0.05) is 38.2 Å². The van der Waals surface area contributed by atoms with Crippen molar-refractivity contribution in [2.24, 2.45) is 0 Å². The molecule has 0 aliphatic carbocycles. The number of amides is 1. The van der Waals surface area contributed by atoms with Crippen LogP contribution in [0.3, 0.4) is 0 Å². The Balaban J connectivity index is 2.30. The molecule has 0 aromatic heterocycles. The van der Waals surface area contributed by atoms with Crippen LogP contribution in [0.1, 0.15) is 42.5 Å². The van der Waals surface area contributed by atoms with Gasteiger partial charge in [-0.15, -0.1) is 0 Å². The topological polar surface area (TPSA) is 69.6 Å². The van der Waals surface area contributed by atoms with Crippen molar-refractivity contribution in [2.75, 3.05) is 19.0 Å². The van der Waals surface area contributed by atoms with Crippen LogP contribution in [0.25, 0.3) is 0 Å². The summed E-state index contributed by atoms with van der Waals surface area (Å²) in [5, 5.41) is 8.33. The van der Waals surface area contributed by atoms with Gasteiger partial charge in [-0.05, 0) is 37.1 Å². The number of nitrogens with one attached hydrogen (secondary N) is 1. The summed E-state index contributed by atoms with van der Waals surface area (Å²) in [5.41, 5.74) is 3.39. The number of hydrogen-bond acceptors (Lipinski definition) is 4. The van der Waals surface area contributed by atoms with E-state index in [-0.39, 0.29) is 11.7 Å². The average Bonchev–Trinajstić information content (AvgIpc) is 2.46. The lowest BCUT2D eigenvalue weighted by atomic mass is 10.0. The van der Waals surface area contributed by atoms with Gasteiger partial charge in [0.2, 0.25) is 5.91 Å². The molecule has 0 aliphatic rings. The molecule has 0 heterocycles. The molecule has 2 N–H and O–H groups in total. The van der Waals surface area contributed by atoms with Crippen LogP contribution >= 0.6 is 0 Å². The van der Waals surface area contributed by atoms with E-state index in [1.165, 1.54) is 0 Å². The average molecular weight is 278 g/mol. The van der Waals surface area contributed by atoms with E-state index in [0.29, 0.717) is 19.3 Å². The predicted molar refractivity (Wildman–Crippen MR) is 78.1 cm³/mol. The highest BCUT2D eigenvalue weighted by Gasteiger charge is 2.06. The molecule has 1 rings (SSSR count). The second-order valence-corrected chi connectivity index (χ2v) is 4.96. The van der Waals surface area contributed by atoms with Gasteiger partial charge in [0.25, 0.3) is 0 Å². The van der Waals surface area contributed by atoms with Crippen LogP contribution < -0.4 is 10.4 Å². The first-order valence-electron chi connectivity index (χ1n) is 6.78. The molecule has 1 aromatic carbocycles. The van der Waals surface area contributed by atoms with Crippen molar-refractivity contribution in [3.05, 3.63) is 29.8 Å². The molecular formula is C15H22N2O3. The number of ketones is 1. The maximum Gasteiger partial charge on any atom is 0.243 e.